The third-order valence-corrected chi connectivity index (χ3v) is 6.34. The maximum absolute atomic E-state index is 13.3. The van der Waals surface area contributed by atoms with Crippen LogP contribution < -0.4 is 0 Å². The van der Waals surface area contributed by atoms with Gasteiger partial charge < -0.3 is 52.1 Å². The highest BCUT2D eigenvalue weighted by atomic mass is 17.0. The predicted octanol–water partition coefficient (Wildman–Crippen LogP) is 6.20. The van der Waals surface area contributed by atoms with E-state index in [9.17, 15) is 9.59 Å². The van der Waals surface area contributed by atoms with Crippen LogP contribution in [0.1, 0.15) is 120 Å². The minimum Gasteiger partial charge on any atom is -0.427 e. The van der Waals surface area contributed by atoms with Gasteiger partial charge in [-0.1, -0.05) is 33.1 Å². The number of esters is 2. The zero-order valence-corrected chi connectivity index (χ0v) is 30.1. The number of unbranched alkanes of at least 4 members (excludes halogenated alkanes) is 4. The van der Waals surface area contributed by atoms with Gasteiger partial charge in [-0.3, -0.25) is 9.59 Å². The smallest absolute Gasteiger partial charge is 0.416 e. The van der Waals surface area contributed by atoms with E-state index in [0.717, 1.165) is 25.7 Å². The first-order valence-electron chi connectivity index (χ1n) is 17.3. The van der Waals surface area contributed by atoms with E-state index in [4.69, 9.17) is 52.1 Å². The van der Waals surface area contributed by atoms with Gasteiger partial charge in [0.1, 0.15) is 0 Å². The van der Waals surface area contributed by atoms with Crippen LogP contribution >= 0.6 is 0 Å². The second kappa shape index (κ2) is 26.5. The lowest BCUT2D eigenvalue weighted by molar-refractivity contribution is -0.550. The van der Waals surface area contributed by atoms with Crippen LogP contribution in [0.15, 0.2) is 0 Å². The molecule has 0 aromatic carbocycles. The van der Waals surface area contributed by atoms with Crippen LogP contribution in [-0.2, 0) is 61.7 Å². The van der Waals surface area contributed by atoms with Crippen LogP contribution in [0, 0.1) is 0 Å². The molecule has 274 valence electrons. The number of rotatable bonds is 32. The first kappa shape index (κ1) is 44.6. The summed E-state index contributed by atoms with van der Waals surface area (Å²) < 4.78 is 64.7. The van der Waals surface area contributed by atoms with Gasteiger partial charge in [-0.05, 0) is 74.1 Å². The summed E-state index contributed by atoms with van der Waals surface area (Å²) in [5.41, 5.74) is 0. The fraction of sp³-hybridized carbons (Fsp3) is 0.939. The third kappa shape index (κ3) is 15.2. The molecule has 0 radical (unpaired) electrons. The van der Waals surface area contributed by atoms with E-state index < -0.39 is 36.1 Å². The molecule has 2 atom stereocenters. The van der Waals surface area contributed by atoms with Crippen molar-refractivity contribution in [2.24, 2.45) is 0 Å². The van der Waals surface area contributed by atoms with Gasteiger partial charge in [0, 0.05) is 52.5 Å². The monoisotopic (exact) mass is 668 g/mol. The Labute approximate surface area is 277 Å². The second-order valence-electron chi connectivity index (χ2n) is 10.0. The lowest BCUT2D eigenvalue weighted by Crippen LogP contribution is -2.65. The highest BCUT2D eigenvalue weighted by molar-refractivity contribution is 5.71. The van der Waals surface area contributed by atoms with Crippen LogP contribution in [0.5, 0.6) is 0 Å². The van der Waals surface area contributed by atoms with Gasteiger partial charge in [-0.15, -0.1) is 0 Å². The Balaban J connectivity index is 5.70. The number of hydrogen-bond acceptors (Lipinski definition) is 13. The van der Waals surface area contributed by atoms with Crippen molar-refractivity contribution >= 4 is 11.9 Å². The molecule has 0 aliphatic rings. The highest BCUT2D eigenvalue weighted by Gasteiger charge is 2.63. The summed E-state index contributed by atoms with van der Waals surface area (Å²) in [4.78, 5) is 26.2. The van der Waals surface area contributed by atoms with Crippen LogP contribution in [0.25, 0.3) is 0 Å². The summed E-state index contributed by atoms with van der Waals surface area (Å²) in [6.07, 6.45) is 3.57. The Kier molecular flexibility index (Phi) is 25.7. The molecule has 0 aliphatic heterocycles. The standard InChI is InChI=1S/C33H64O13/c1-10-19-23-27-44-33(43-18-9,32(40-15-6,41-16-7)42-17-8)46-29(35)25-22-21-24-28(34)45-30(36-26-20-11-2)31(37-12-3,38-13-4)39-14-5/h30H,10-27H2,1-9H3. The van der Waals surface area contributed by atoms with Crippen molar-refractivity contribution < 1.29 is 61.7 Å². The molecule has 0 bridgehead atoms. The van der Waals surface area contributed by atoms with E-state index in [1.54, 1.807) is 48.5 Å². The molecular weight excluding hydrogens is 604 g/mol. The SMILES string of the molecule is CCCCCOC(OCC)(OC(=O)CCCCC(=O)OC(OCCCC)C(OCC)(OCC)OCC)C(OCC)(OCC)OCC. The van der Waals surface area contributed by atoms with Gasteiger partial charge in [0.15, 0.2) is 0 Å². The topological polar surface area (TPSA) is 136 Å². The molecule has 0 saturated heterocycles. The van der Waals surface area contributed by atoms with Crippen LogP contribution in [-0.4, -0.2) is 95.6 Å². The maximum Gasteiger partial charge on any atom is 0.416 e. The van der Waals surface area contributed by atoms with Crippen LogP contribution in [0.4, 0.5) is 0 Å². The second-order valence-corrected chi connectivity index (χ2v) is 10.0. The fourth-order valence-electron chi connectivity index (χ4n) is 4.44. The molecule has 0 fully saturated rings. The minimum absolute atomic E-state index is 0.00622. The molecule has 13 nitrogen and oxygen atoms in total. The molecule has 0 spiro atoms. The minimum atomic E-state index is -2.11. The molecule has 0 amide bonds. The van der Waals surface area contributed by atoms with Gasteiger partial charge in [-0.2, -0.15) is 0 Å². The Morgan fingerprint density at radius 1 is 0.478 bits per heavy atom. The van der Waals surface area contributed by atoms with Crippen molar-refractivity contribution in [1.29, 1.82) is 0 Å². The van der Waals surface area contributed by atoms with Crippen molar-refractivity contribution in [1.82, 2.24) is 0 Å². The number of ether oxygens (including phenoxy) is 11. The number of carbonyl (C=O) groups excluding carboxylic acids is 2. The van der Waals surface area contributed by atoms with Crippen LogP contribution in [0.2, 0.25) is 0 Å². The Bertz CT molecular complexity index is 732. The van der Waals surface area contributed by atoms with E-state index in [0.29, 0.717) is 25.9 Å². The average Bonchev–Trinajstić information content (AvgIpc) is 3.01. The largest absolute Gasteiger partial charge is 0.427 e. The Hall–Kier alpha value is -1.42. The first-order valence-corrected chi connectivity index (χ1v) is 17.3. The molecular formula is C33H64O13. The molecule has 46 heavy (non-hydrogen) atoms. The fourth-order valence-corrected chi connectivity index (χ4v) is 4.44. The molecule has 13 heteroatoms. The van der Waals surface area contributed by atoms with Gasteiger partial charge in [0.2, 0.25) is 0 Å². The molecule has 0 aromatic rings. The normalized spacial score (nSPS) is 14.2. The van der Waals surface area contributed by atoms with Crippen LogP contribution in [0.3, 0.4) is 0 Å². The van der Waals surface area contributed by atoms with Crippen molar-refractivity contribution in [2.45, 2.75) is 144 Å². The van der Waals surface area contributed by atoms with E-state index in [2.05, 4.69) is 6.92 Å². The zero-order chi connectivity index (χ0) is 34.7. The summed E-state index contributed by atoms with van der Waals surface area (Å²) in [6, 6.07) is 0. The molecule has 0 N–H and O–H groups in total. The molecule has 0 saturated carbocycles. The number of carbonyl (C=O) groups is 2. The molecule has 0 aromatic heterocycles. The van der Waals surface area contributed by atoms with Crippen molar-refractivity contribution in [3.8, 4) is 0 Å². The van der Waals surface area contributed by atoms with Gasteiger partial charge in [0.05, 0.1) is 19.8 Å². The maximum atomic E-state index is 13.3. The molecule has 0 aliphatic carbocycles. The molecule has 0 heterocycles. The van der Waals surface area contributed by atoms with Crippen molar-refractivity contribution in [2.75, 3.05) is 59.5 Å². The summed E-state index contributed by atoms with van der Waals surface area (Å²) in [6.45, 7) is 18.4. The van der Waals surface area contributed by atoms with Crippen molar-refractivity contribution in [3.63, 3.8) is 0 Å². The molecule has 2 unspecified atom stereocenters. The zero-order valence-electron chi connectivity index (χ0n) is 30.1. The van der Waals surface area contributed by atoms with E-state index in [1.165, 1.54) is 0 Å². The third-order valence-electron chi connectivity index (χ3n) is 6.34. The lowest BCUT2D eigenvalue weighted by atomic mass is 10.2. The Morgan fingerprint density at radius 2 is 0.935 bits per heavy atom. The van der Waals surface area contributed by atoms with E-state index >= 15 is 0 Å². The summed E-state index contributed by atoms with van der Waals surface area (Å²) >= 11 is 0. The lowest BCUT2D eigenvalue weighted by Gasteiger charge is -2.44. The van der Waals surface area contributed by atoms with E-state index in [1.807, 2.05) is 6.92 Å². The first-order chi connectivity index (χ1) is 22.2. The average molecular weight is 669 g/mol. The summed E-state index contributed by atoms with van der Waals surface area (Å²) in [7, 11) is 0. The summed E-state index contributed by atoms with van der Waals surface area (Å²) in [5.74, 6) is -6.95. The van der Waals surface area contributed by atoms with E-state index in [-0.39, 0.29) is 65.7 Å². The Morgan fingerprint density at radius 3 is 1.39 bits per heavy atom. The summed E-state index contributed by atoms with van der Waals surface area (Å²) in [5, 5.41) is 0. The number of hydrogen-bond donors (Lipinski definition) is 0. The predicted molar refractivity (Wildman–Crippen MR) is 170 cm³/mol. The van der Waals surface area contributed by atoms with Crippen molar-refractivity contribution in [3.05, 3.63) is 0 Å². The quantitative estimate of drug-likeness (QED) is 0.0458. The van der Waals surface area contributed by atoms with Gasteiger partial charge in [0.25, 0.3) is 6.29 Å². The highest BCUT2D eigenvalue weighted by Crippen LogP contribution is 2.37. The molecule has 0 rings (SSSR count). The van der Waals surface area contributed by atoms with Gasteiger partial charge >= 0.3 is 29.9 Å². The van der Waals surface area contributed by atoms with Gasteiger partial charge in [-0.25, -0.2) is 0 Å².